The quantitative estimate of drug-likeness (QED) is 0.115. The summed E-state index contributed by atoms with van der Waals surface area (Å²) in [5.41, 5.74) is 2.21. The Balaban J connectivity index is 0.000000249. The molecule has 0 unspecified atom stereocenters. The molecule has 3 heterocycles. The van der Waals surface area contributed by atoms with E-state index in [0.717, 1.165) is 12.0 Å². The molecule has 266 valence electrons. The van der Waals surface area contributed by atoms with Gasteiger partial charge in [0.1, 0.15) is 49.6 Å². The number of halogens is 3. The van der Waals surface area contributed by atoms with Gasteiger partial charge in [-0.25, -0.2) is 0 Å². The minimum absolute atomic E-state index is 0. The van der Waals surface area contributed by atoms with Crippen molar-refractivity contribution in [2.75, 3.05) is 28.4 Å². The number of phenols is 2. The molecule has 0 bridgehead atoms. The van der Waals surface area contributed by atoms with Gasteiger partial charge in [-0.15, -0.1) is 18.2 Å². The summed E-state index contributed by atoms with van der Waals surface area (Å²) in [5, 5.41) is 19.9. The van der Waals surface area contributed by atoms with Crippen LogP contribution in [-0.4, -0.2) is 61.7 Å². The van der Waals surface area contributed by atoms with Crippen LogP contribution in [0.4, 0.5) is 0 Å². The van der Waals surface area contributed by atoms with Crippen LogP contribution in [0.15, 0.2) is 86.0 Å². The van der Waals surface area contributed by atoms with Gasteiger partial charge < -0.3 is 49.3 Å². The van der Waals surface area contributed by atoms with Crippen molar-refractivity contribution in [3.8, 4) is 68.5 Å². The summed E-state index contributed by atoms with van der Waals surface area (Å²) in [6.45, 7) is 5.72. The van der Waals surface area contributed by atoms with E-state index in [9.17, 15) is 10.2 Å². The van der Waals surface area contributed by atoms with Crippen molar-refractivity contribution in [1.82, 2.24) is 0 Å². The molecule has 13 heteroatoms. The topological polar surface area (TPSA) is 117 Å². The second-order valence-electron chi connectivity index (χ2n) is 9.82. The van der Waals surface area contributed by atoms with E-state index in [1.807, 2.05) is 6.07 Å². The summed E-state index contributed by atoms with van der Waals surface area (Å²) in [7, 11) is 6.08. The van der Waals surface area contributed by atoms with E-state index in [-0.39, 0.29) is 44.6 Å². The van der Waals surface area contributed by atoms with Crippen molar-refractivity contribution >= 4 is 57.9 Å². The molecule has 0 amide bonds. The van der Waals surface area contributed by atoms with Gasteiger partial charge in [0.15, 0.2) is 0 Å². The summed E-state index contributed by atoms with van der Waals surface area (Å²) < 4.78 is 35.7. The third-order valence-electron chi connectivity index (χ3n) is 6.55. The van der Waals surface area contributed by atoms with Crippen LogP contribution in [0.5, 0.6) is 34.5 Å². The van der Waals surface area contributed by atoms with Gasteiger partial charge in [-0.3, -0.25) is 0 Å². The summed E-state index contributed by atoms with van der Waals surface area (Å²) in [6, 6.07) is 20.3. The van der Waals surface area contributed by atoms with Crippen LogP contribution in [0.2, 0.25) is 15.1 Å². The average Bonchev–Trinajstić information content (AvgIpc) is 3.96. The number of furan rings is 3. The maximum absolute atomic E-state index is 9.55. The number of methoxy groups -OCH3 is 4. The standard InChI is InChI=1S/C12H10ClO3.2C11H8ClO3.C4H9.Mg/c1-14-10-6-8(9-4-3-5-16-9)7-11(15-2)12(10)13;2*1-14-10-6-7(5-8(13)11(10)12)9-3-2-4-15-9;1-3-4-2;/h3-4,6-7H,1-2H3;2*2-3,5-6,13H,1H3;1,3-4H2,2H3;/q4*-1;+2. The van der Waals surface area contributed by atoms with Crippen LogP contribution in [-0.2, 0) is 0 Å². The number of hydrogen-bond acceptors (Lipinski definition) is 9. The van der Waals surface area contributed by atoms with E-state index in [1.54, 1.807) is 68.8 Å². The Morgan fingerprint density at radius 3 is 1.08 bits per heavy atom. The van der Waals surface area contributed by atoms with E-state index < -0.39 is 0 Å². The third kappa shape index (κ3) is 12.0. The number of rotatable bonds is 8. The van der Waals surface area contributed by atoms with Crippen molar-refractivity contribution in [2.24, 2.45) is 0 Å². The van der Waals surface area contributed by atoms with E-state index in [0.29, 0.717) is 56.4 Å². The number of aromatic hydroxyl groups is 2. The maximum atomic E-state index is 9.55. The molecule has 0 aliphatic carbocycles. The smallest absolute Gasteiger partial charge is 0.591 e. The van der Waals surface area contributed by atoms with Crippen LogP contribution in [0, 0.1) is 25.7 Å². The molecule has 6 rings (SSSR count). The van der Waals surface area contributed by atoms with Crippen LogP contribution >= 0.6 is 34.8 Å². The number of hydrogen-bond donors (Lipinski definition) is 2. The van der Waals surface area contributed by atoms with E-state index in [1.165, 1.54) is 32.8 Å². The predicted octanol–water partition coefficient (Wildman–Crippen LogP) is 10.9. The fraction of sp³-hybridized carbons (Fsp3) is 0.184. The van der Waals surface area contributed by atoms with Crippen molar-refractivity contribution in [3.05, 3.63) is 114 Å². The first-order valence-electron chi connectivity index (χ1n) is 14.8. The molecule has 0 saturated carbocycles. The van der Waals surface area contributed by atoms with Crippen LogP contribution < -0.4 is 18.9 Å². The second-order valence-corrected chi connectivity index (χ2v) is 11.0. The van der Waals surface area contributed by atoms with E-state index in [4.69, 9.17) is 67.0 Å². The molecule has 0 atom stereocenters. The fourth-order valence-electron chi connectivity index (χ4n) is 3.95. The molecule has 0 aliphatic rings. The molecule has 2 N–H and O–H groups in total. The number of ether oxygens (including phenoxy) is 4. The van der Waals surface area contributed by atoms with Gasteiger partial charge in [0.05, 0.1) is 28.4 Å². The Bertz CT molecular complexity index is 1760. The van der Waals surface area contributed by atoms with Crippen molar-refractivity contribution < 1.29 is 42.4 Å². The molecule has 9 nitrogen and oxygen atoms in total. The average molecular weight is 766 g/mol. The van der Waals surface area contributed by atoms with Crippen molar-refractivity contribution in [1.29, 1.82) is 0 Å². The Labute approximate surface area is 328 Å². The fourth-order valence-corrected chi connectivity index (χ4v) is 4.58. The largest absolute Gasteiger partial charge is 2.00 e. The Morgan fingerprint density at radius 1 is 0.569 bits per heavy atom. The monoisotopic (exact) mass is 764 g/mol. The Morgan fingerprint density at radius 2 is 0.843 bits per heavy atom. The summed E-state index contributed by atoms with van der Waals surface area (Å²) in [6.07, 6.45) is 10.0. The molecule has 3 aromatic carbocycles. The minimum atomic E-state index is -0.0394. The molecule has 0 fully saturated rings. The normalized spacial score (nSPS) is 9.82. The number of phenolic OH excluding ortho intramolecular Hbond substituents is 2. The number of benzene rings is 3. The van der Waals surface area contributed by atoms with Crippen LogP contribution in [0.25, 0.3) is 34.0 Å². The third-order valence-corrected chi connectivity index (χ3v) is 7.68. The van der Waals surface area contributed by atoms with Crippen molar-refractivity contribution in [3.63, 3.8) is 0 Å². The van der Waals surface area contributed by atoms with Gasteiger partial charge in [-0.2, -0.15) is 24.6 Å². The summed E-state index contributed by atoms with van der Waals surface area (Å²) in [5.74, 6) is 3.71. The SMILES string of the molecule is COc1cc(-c2cc[c-]o2)cc(O)c1Cl.COc1cc(-c2cc[c-]o2)cc(O)c1Cl.COc1cc(-c2cc[c-]o2)cc(OC)c1Cl.[CH2-]CCC.[Mg+2]. The first-order chi connectivity index (χ1) is 24.1. The molecular formula is C38H35Cl3MgO9-2. The molecule has 0 aliphatic heterocycles. The Hall–Kier alpha value is -4.06. The van der Waals surface area contributed by atoms with Gasteiger partial charge in [-0.05, 0) is 89.2 Å². The molecule has 3 aromatic heterocycles. The van der Waals surface area contributed by atoms with Gasteiger partial charge in [0, 0.05) is 0 Å². The molecule has 0 radical (unpaired) electrons. The molecule has 51 heavy (non-hydrogen) atoms. The molecular weight excluding hydrogens is 731 g/mol. The maximum Gasteiger partial charge on any atom is 2.00 e. The molecule has 6 aromatic rings. The van der Waals surface area contributed by atoms with Crippen LogP contribution in [0.3, 0.4) is 0 Å². The Kier molecular flexibility index (Phi) is 18.6. The second kappa shape index (κ2) is 22.0. The van der Waals surface area contributed by atoms with Gasteiger partial charge in [-0.1, -0.05) is 48.1 Å². The minimum Gasteiger partial charge on any atom is -0.591 e. The number of unbranched alkanes of at least 4 members (excludes halogenated alkanes) is 1. The zero-order valence-corrected chi connectivity index (χ0v) is 32.3. The zero-order chi connectivity index (χ0) is 36.6. The van der Waals surface area contributed by atoms with E-state index >= 15 is 0 Å². The van der Waals surface area contributed by atoms with Gasteiger partial charge in [0.2, 0.25) is 0 Å². The van der Waals surface area contributed by atoms with Crippen LogP contribution in [0.1, 0.15) is 19.8 Å². The predicted molar refractivity (Wildman–Crippen MR) is 200 cm³/mol. The molecule has 0 spiro atoms. The first kappa shape index (κ1) is 43.1. The van der Waals surface area contributed by atoms with Crippen molar-refractivity contribution in [2.45, 2.75) is 19.8 Å². The van der Waals surface area contributed by atoms with Gasteiger partial charge >= 0.3 is 23.1 Å². The van der Waals surface area contributed by atoms with E-state index in [2.05, 4.69) is 32.6 Å². The summed E-state index contributed by atoms with van der Waals surface area (Å²) in [4.78, 5) is 0. The molecule has 0 saturated heterocycles. The first-order valence-corrected chi connectivity index (χ1v) is 16.0. The zero-order valence-electron chi connectivity index (χ0n) is 28.6. The summed E-state index contributed by atoms with van der Waals surface area (Å²) >= 11 is 17.7. The van der Waals surface area contributed by atoms with Gasteiger partial charge in [0.25, 0.3) is 0 Å².